The van der Waals surface area contributed by atoms with Crippen LogP contribution < -0.4 is 10.6 Å². The molecule has 7 nitrogen and oxygen atoms in total. The van der Waals surface area contributed by atoms with Crippen molar-refractivity contribution >= 4 is 17.3 Å². The summed E-state index contributed by atoms with van der Waals surface area (Å²) < 4.78 is 5.34. The lowest BCUT2D eigenvalue weighted by Crippen LogP contribution is -2.31. The number of anilines is 1. The standard InChI is InChI=1S/C17H19N3O4/c21-17(13-24-12-14-4-2-1-3-5-14)19-11-10-18-15-6-8-16(9-7-15)20(22)23/h1-9,18H,10-13H2,(H,19,21). The number of non-ortho nitro benzene ring substituents is 1. The maximum absolute atomic E-state index is 11.6. The van der Waals surface area contributed by atoms with Crippen LogP contribution in [0.2, 0.25) is 0 Å². The summed E-state index contributed by atoms with van der Waals surface area (Å²) in [4.78, 5) is 21.7. The number of carbonyl (C=O) groups excluding carboxylic acids is 1. The molecule has 0 radical (unpaired) electrons. The molecule has 0 saturated heterocycles. The molecule has 0 aliphatic carbocycles. The number of carbonyl (C=O) groups is 1. The monoisotopic (exact) mass is 329 g/mol. The first-order valence-corrected chi connectivity index (χ1v) is 7.52. The fourth-order valence-electron chi connectivity index (χ4n) is 2.00. The Kier molecular flexibility index (Phi) is 6.73. The summed E-state index contributed by atoms with van der Waals surface area (Å²) in [6.07, 6.45) is 0. The molecule has 0 spiro atoms. The third kappa shape index (κ3) is 6.05. The lowest BCUT2D eigenvalue weighted by molar-refractivity contribution is -0.384. The number of nitrogens with zero attached hydrogens (tertiary/aromatic N) is 1. The Morgan fingerprint density at radius 2 is 1.75 bits per heavy atom. The first-order valence-electron chi connectivity index (χ1n) is 7.52. The fraction of sp³-hybridized carbons (Fsp3) is 0.235. The molecule has 1 amide bonds. The molecule has 2 aromatic rings. The van der Waals surface area contributed by atoms with Crippen LogP contribution in [-0.4, -0.2) is 30.5 Å². The highest BCUT2D eigenvalue weighted by Gasteiger charge is 2.04. The molecule has 0 aromatic heterocycles. The van der Waals surface area contributed by atoms with Crippen molar-refractivity contribution in [3.63, 3.8) is 0 Å². The average Bonchev–Trinajstić information content (AvgIpc) is 2.60. The average molecular weight is 329 g/mol. The van der Waals surface area contributed by atoms with Gasteiger partial charge >= 0.3 is 0 Å². The van der Waals surface area contributed by atoms with Crippen molar-refractivity contribution in [2.45, 2.75) is 6.61 Å². The van der Waals surface area contributed by atoms with Gasteiger partial charge in [-0.05, 0) is 17.7 Å². The third-order valence-electron chi connectivity index (χ3n) is 3.20. The number of ether oxygens (including phenoxy) is 1. The molecular weight excluding hydrogens is 310 g/mol. The van der Waals surface area contributed by atoms with Crippen molar-refractivity contribution in [1.82, 2.24) is 5.32 Å². The number of rotatable bonds is 9. The summed E-state index contributed by atoms with van der Waals surface area (Å²) in [5, 5.41) is 16.4. The molecule has 0 aliphatic rings. The van der Waals surface area contributed by atoms with Crippen LogP contribution in [0.1, 0.15) is 5.56 Å². The van der Waals surface area contributed by atoms with Gasteiger partial charge in [0.2, 0.25) is 5.91 Å². The van der Waals surface area contributed by atoms with Gasteiger partial charge < -0.3 is 15.4 Å². The summed E-state index contributed by atoms with van der Waals surface area (Å²) >= 11 is 0. The minimum absolute atomic E-state index is 0.00637. The van der Waals surface area contributed by atoms with Gasteiger partial charge in [-0.3, -0.25) is 14.9 Å². The van der Waals surface area contributed by atoms with Crippen molar-refractivity contribution in [2.75, 3.05) is 25.0 Å². The van der Waals surface area contributed by atoms with Gasteiger partial charge in [-0.1, -0.05) is 30.3 Å². The second-order valence-electron chi connectivity index (χ2n) is 5.06. The molecule has 7 heteroatoms. The second-order valence-corrected chi connectivity index (χ2v) is 5.06. The highest BCUT2D eigenvalue weighted by molar-refractivity contribution is 5.77. The topological polar surface area (TPSA) is 93.5 Å². The van der Waals surface area contributed by atoms with E-state index in [4.69, 9.17) is 4.74 Å². The number of benzene rings is 2. The summed E-state index contributed by atoms with van der Waals surface area (Å²) in [7, 11) is 0. The van der Waals surface area contributed by atoms with E-state index in [1.807, 2.05) is 30.3 Å². The lowest BCUT2D eigenvalue weighted by atomic mass is 10.2. The molecule has 0 unspecified atom stereocenters. The third-order valence-corrected chi connectivity index (χ3v) is 3.20. The minimum Gasteiger partial charge on any atom is -0.383 e. The van der Waals surface area contributed by atoms with Crippen molar-refractivity contribution in [2.24, 2.45) is 0 Å². The van der Waals surface area contributed by atoms with Gasteiger partial charge in [0.25, 0.3) is 5.69 Å². The van der Waals surface area contributed by atoms with Crippen LogP contribution in [0, 0.1) is 10.1 Å². The van der Waals surface area contributed by atoms with Crippen molar-refractivity contribution in [3.05, 3.63) is 70.3 Å². The predicted molar refractivity (Wildman–Crippen MR) is 90.7 cm³/mol. The molecule has 2 rings (SSSR count). The van der Waals surface area contributed by atoms with Crippen molar-refractivity contribution < 1.29 is 14.5 Å². The minimum atomic E-state index is -0.445. The molecule has 0 saturated carbocycles. The first kappa shape index (κ1) is 17.4. The number of amides is 1. The van der Waals surface area contributed by atoms with Crippen LogP contribution in [-0.2, 0) is 16.1 Å². The highest BCUT2D eigenvalue weighted by atomic mass is 16.6. The molecule has 0 heterocycles. The van der Waals surface area contributed by atoms with Gasteiger partial charge in [0.15, 0.2) is 0 Å². The fourth-order valence-corrected chi connectivity index (χ4v) is 2.00. The molecule has 0 aliphatic heterocycles. The lowest BCUT2D eigenvalue weighted by Gasteiger charge is -2.08. The van der Waals surface area contributed by atoms with Crippen molar-refractivity contribution in [1.29, 1.82) is 0 Å². The van der Waals surface area contributed by atoms with Crippen LogP contribution in [0.3, 0.4) is 0 Å². The van der Waals surface area contributed by atoms with E-state index in [9.17, 15) is 14.9 Å². The van der Waals surface area contributed by atoms with E-state index in [0.29, 0.717) is 19.7 Å². The van der Waals surface area contributed by atoms with Gasteiger partial charge in [0, 0.05) is 30.9 Å². The Hall–Kier alpha value is -2.93. The number of nitrogens with one attached hydrogen (secondary N) is 2. The summed E-state index contributed by atoms with van der Waals surface area (Å²) in [6, 6.07) is 15.7. The Labute approximate surface area is 139 Å². The van der Waals surface area contributed by atoms with E-state index in [1.165, 1.54) is 12.1 Å². The normalized spacial score (nSPS) is 10.2. The Bertz CT molecular complexity index is 659. The number of hydrogen-bond donors (Lipinski definition) is 2. The van der Waals surface area contributed by atoms with Crippen LogP contribution in [0.5, 0.6) is 0 Å². The zero-order chi connectivity index (χ0) is 17.2. The van der Waals surface area contributed by atoms with E-state index >= 15 is 0 Å². The van der Waals surface area contributed by atoms with Crippen LogP contribution >= 0.6 is 0 Å². The molecule has 126 valence electrons. The largest absolute Gasteiger partial charge is 0.383 e. The van der Waals surface area contributed by atoms with Gasteiger partial charge in [0.05, 0.1) is 11.5 Å². The molecular formula is C17H19N3O4. The molecule has 0 atom stereocenters. The Morgan fingerprint density at radius 1 is 1.04 bits per heavy atom. The van der Waals surface area contributed by atoms with Crippen LogP contribution in [0.4, 0.5) is 11.4 Å². The van der Waals surface area contributed by atoms with E-state index in [1.54, 1.807) is 12.1 Å². The smallest absolute Gasteiger partial charge is 0.269 e. The quantitative estimate of drug-likeness (QED) is 0.418. The van der Waals surface area contributed by atoms with Crippen LogP contribution in [0.15, 0.2) is 54.6 Å². The number of hydrogen-bond acceptors (Lipinski definition) is 5. The predicted octanol–water partition coefficient (Wildman–Crippen LogP) is 2.34. The Morgan fingerprint density at radius 3 is 2.42 bits per heavy atom. The van der Waals surface area contributed by atoms with E-state index in [-0.39, 0.29) is 18.2 Å². The Balaban J connectivity index is 1.58. The van der Waals surface area contributed by atoms with E-state index < -0.39 is 4.92 Å². The zero-order valence-electron chi connectivity index (χ0n) is 13.1. The summed E-state index contributed by atoms with van der Waals surface area (Å²) in [5.74, 6) is -0.184. The van der Waals surface area contributed by atoms with E-state index in [0.717, 1.165) is 11.3 Å². The zero-order valence-corrected chi connectivity index (χ0v) is 13.1. The maximum Gasteiger partial charge on any atom is 0.269 e. The van der Waals surface area contributed by atoms with Gasteiger partial charge in [-0.25, -0.2) is 0 Å². The molecule has 2 aromatic carbocycles. The molecule has 0 bridgehead atoms. The highest BCUT2D eigenvalue weighted by Crippen LogP contribution is 2.14. The van der Waals surface area contributed by atoms with Crippen molar-refractivity contribution in [3.8, 4) is 0 Å². The molecule has 0 fully saturated rings. The SMILES string of the molecule is O=C(COCc1ccccc1)NCCNc1ccc([N+](=O)[O-])cc1. The van der Waals surface area contributed by atoms with E-state index in [2.05, 4.69) is 10.6 Å². The number of nitro groups is 1. The number of nitro benzene ring substituents is 1. The van der Waals surface area contributed by atoms with Crippen LogP contribution in [0.25, 0.3) is 0 Å². The molecule has 24 heavy (non-hydrogen) atoms. The molecule has 2 N–H and O–H groups in total. The first-order chi connectivity index (χ1) is 11.6. The van der Waals surface area contributed by atoms with Gasteiger partial charge in [0.1, 0.15) is 6.61 Å². The maximum atomic E-state index is 11.6. The summed E-state index contributed by atoms with van der Waals surface area (Å²) in [5.41, 5.74) is 1.82. The summed E-state index contributed by atoms with van der Waals surface area (Å²) in [6.45, 7) is 1.36. The van der Waals surface area contributed by atoms with Gasteiger partial charge in [-0.2, -0.15) is 0 Å². The second kappa shape index (κ2) is 9.26. The van der Waals surface area contributed by atoms with Gasteiger partial charge in [-0.15, -0.1) is 0 Å².